The fraction of sp³-hybridized carbons (Fsp3) is 0.857. The van der Waals surface area contributed by atoms with Crippen molar-refractivity contribution in [1.29, 1.82) is 0 Å². The summed E-state index contributed by atoms with van der Waals surface area (Å²) in [5.41, 5.74) is 1.90. The fourth-order valence-corrected chi connectivity index (χ4v) is 7.11. The second kappa shape index (κ2) is 4.95. The van der Waals surface area contributed by atoms with Crippen LogP contribution < -0.4 is 0 Å². The van der Waals surface area contributed by atoms with Crippen molar-refractivity contribution < 1.29 is 4.79 Å². The minimum Gasteiger partial charge on any atom is -0.294 e. The SMILES string of the molecule is CCC1CCC2C3CCC4CCCCC4(C)C3=CC(=O)C12C. The molecule has 3 saturated carbocycles. The molecule has 122 valence electrons. The maximum Gasteiger partial charge on any atom is 0.162 e. The van der Waals surface area contributed by atoms with Crippen LogP contribution >= 0.6 is 0 Å². The zero-order valence-electron chi connectivity index (χ0n) is 14.7. The molecule has 0 bridgehead atoms. The predicted octanol–water partition coefficient (Wildman–Crippen LogP) is 5.54. The van der Waals surface area contributed by atoms with Crippen molar-refractivity contribution in [2.75, 3.05) is 0 Å². The van der Waals surface area contributed by atoms with E-state index in [0.29, 0.717) is 23.0 Å². The third-order valence-corrected chi connectivity index (χ3v) is 8.53. The zero-order valence-corrected chi connectivity index (χ0v) is 14.7. The summed E-state index contributed by atoms with van der Waals surface area (Å²) in [6.45, 7) is 7.09. The lowest BCUT2D eigenvalue weighted by Gasteiger charge is -2.55. The van der Waals surface area contributed by atoms with Crippen LogP contribution in [0.25, 0.3) is 0 Å². The van der Waals surface area contributed by atoms with Crippen LogP contribution in [0.5, 0.6) is 0 Å². The highest BCUT2D eigenvalue weighted by Gasteiger charge is 2.59. The van der Waals surface area contributed by atoms with Gasteiger partial charge in [-0.15, -0.1) is 0 Å². The van der Waals surface area contributed by atoms with Gasteiger partial charge >= 0.3 is 0 Å². The van der Waals surface area contributed by atoms with E-state index in [2.05, 4.69) is 26.8 Å². The molecule has 1 heteroatoms. The van der Waals surface area contributed by atoms with Gasteiger partial charge in [-0.1, -0.05) is 45.6 Å². The van der Waals surface area contributed by atoms with Gasteiger partial charge in [0.25, 0.3) is 0 Å². The lowest BCUT2D eigenvalue weighted by molar-refractivity contribution is -0.130. The molecule has 1 nitrogen and oxygen atoms in total. The van der Waals surface area contributed by atoms with Crippen LogP contribution in [0.4, 0.5) is 0 Å². The van der Waals surface area contributed by atoms with E-state index in [9.17, 15) is 4.79 Å². The number of carbonyl (C=O) groups excluding carboxylic acids is 1. The van der Waals surface area contributed by atoms with Crippen LogP contribution in [0.1, 0.15) is 78.6 Å². The van der Waals surface area contributed by atoms with E-state index < -0.39 is 0 Å². The Labute approximate surface area is 135 Å². The van der Waals surface area contributed by atoms with E-state index >= 15 is 0 Å². The van der Waals surface area contributed by atoms with Gasteiger partial charge in [0.1, 0.15) is 0 Å². The molecule has 6 atom stereocenters. The third-order valence-electron chi connectivity index (χ3n) is 8.53. The van der Waals surface area contributed by atoms with Crippen LogP contribution in [-0.4, -0.2) is 5.78 Å². The van der Waals surface area contributed by atoms with Crippen LogP contribution in [-0.2, 0) is 4.79 Å². The van der Waals surface area contributed by atoms with Crippen molar-refractivity contribution in [1.82, 2.24) is 0 Å². The first-order valence-electron chi connectivity index (χ1n) is 9.78. The Bertz CT molecular complexity index is 518. The molecule has 0 heterocycles. The lowest BCUT2D eigenvalue weighted by Crippen LogP contribution is -2.50. The molecule has 0 N–H and O–H groups in total. The molecular weight excluding hydrogens is 268 g/mol. The normalized spacial score (nSPS) is 50.9. The molecule has 22 heavy (non-hydrogen) atoms. The van der Waals surface area contributed by atoms with Gasteiger partial charge in [0.2, 0.25) is 0 Å². The van der Waals surface area contributed by atoms with Gasteiger partial charge in [0.15, 0.2) is 5.78 Å². The van der Waals surface area contributed by atoms with Gasteiger partial charge in [-0.3, -0.25) is 4.79 Å². The second-order valence-corrected chi connectivity index (χ2v) is 9.08. The maximum atomic E-state index is 13.2. The summed E-state index contributed by atoms with van der Waals surface area (Å²) in [5, 5.41) is 0. The number of ketones is 1. The number of hydrogen-bond acceptors (Lipinski definition) is 1. The first kappa shape index (κ1) is 15.0. The number of carbonyl (C=O) groups is 1. The highest BCUT2D eigenvalue weighted by molar-refractivity contribution is 5.97. The van der Waals surface area contributed by atoms with E-state index in [0.717, 1.165) is 11.8 Å². The molecule has 4 aliphatic carbocycles. The number of fused-ring (bicyclic) bond motifs is 5. The molecule has 0 aromatic heterocycles. The van der Waals surface area contributed by atoms with E-state index in [1.54, 1.807) is 5.57 Å². The van der Waals surface area contributed by atoms with E-state index in [1.165, 1.54) is 57.8 Å². The first-order valence-corrected chi connectivity index (χ1v) is 9.78. The fourth-order valence-electron chi connectivity index (χ4n) is 7.11. The molecule has 0 aliphatic heterocycles. The smallest absolute Gasteiger partial charge is 0.162 e. The summed E-state index contributed by atoms with van der Waals surface area (Å²) in [7, 11) is 0. The van der Waals surface area contributed by atoms with Gasteiger partial charge in [0.05, 0.1) is 0 Å². The molecule has 6 unspecified atom stereocenters. The Morgan fingerprint density at radius 3 is 2.68 bits per heavy atom. The molecule has 0 amide bonds. The molecule has 0 aromatic carbocycles. The monoisotopic (exact) mass is 300 g/mol. The van der Waals surface area contributed by atoms with E-state index in [4.69, 9.17) is 0 Å². The lowest BCUT2D eigenvalue weighted by atomic mass is 9.48. The Balaban J connectivity index is 1.77. The molecule has 0 radical (unpaired) electrons. The van der Waals surface area contributed by atoms with E-state index in [-0.39, 0.29) is 5.41 Å². The maximum absolute atomic E-state index is 13.2. The summed E-state index contributed by atoms with van der Waals surface area (Å²) in [6, 6.07) is 0. The highest BCUT2D eigenvalue weighted by Crippen LogP contribution is 2.64. The summed E-state index contributed by atoms with van der Waals surface area (Å²) < 4.78 is 0. The predicted molar refractivity (Wildman–Crippen MR) is 90.5 cm³/mol. The Morgan fingerprint density at radius 2 is 1.91 bits per heavy atom. The van der Waals surface area contributed by atoms with Crippen LogP contribution in [0.15, 0.2) is 11.6 Å². The minimum absolute atomic E-state index is 0.0409. The largest absolute Gasteiger partial charge is 0.294 e. The summed E-state index contributed by atoms with van der Waals surface area (Å²) in [6.07, 6.45) is 14.2. The highest BCUT2D eigenvalue weighted by atomic mass is 16.1. The molecule has 3 fully saturated rings. The Morgan fingerprint density at radius 1 is 1.09 bits per heavy atom. The average molecular weight is 300 g/mol. The van der Waals surface area contributed by atoms with Crippen LogP contribution in [0, 0.1) is 34.5 Å². The van der Waals surface area contributed by atoms with Gasteiger partial charge < -0.3 is 0 Å². The zero-order chi connectivity index (χ0) is 15.5. The van der Waals surface area contributed by atoms with Crippen molar-refractivity contribution in [2.45, 2.75) is 78.6 Å². The topological polar surface area (TPSA) is 17.1 Å². The summed E-state index contributed by atoms with van der Waals surface area (Å²) in [5.74, 6) is 3.33. The first-order chi connectivity index (χ1) is 10.5. The number of hydrogen-bond donors (Lipinski definition) is 0. The molecular formula is C21H32O. The van der Waals surface area contributed by atoms with Gasteiger partial charge in [-0.2, -0.15) is 0 Å². The number of allylic oxidation sites excluding steroid dienone is 2. The van der Waals surface area contributed by atoms with E-state index in [1.807, 2.05) is 0 Å². The third kappa shape index (κ3) is 1.74. The second-order valence-electron chi connectivity index (χ2n) is 9.08. The quantitative estimate of drug-likeness (QED) is 0.621. The van der Waals surface area contributed by atoms with Gasteiger partial charge in [-0.05, 0) is 73.7 Å². The van der Waals surface area contributed by atoms with Crippen molar-refractivity contribution in [3.8, 4) is 0 Å². The Kier molecular flexibility index (Phi) is 3.37. The van der Waals surface area contributed by atoms with Crippen molar-refractivity contribution in [3.05, 3.63) is 11.6 Å². The Hall–Kier alpha value is -0.590. The van der Waals surface area contributed by atoms with Gasteiger partial charge in [0, 0.05) is 5.41 Å². The standard InChI is InChI=1S/C21H32O/c1-4-14-9-11-17-16-10-8-15-7-5-6-12-20(15,2)18(16)13-19(22)21(14,17)3/h13-17H,4-12H2,1-3H3. The molecule has 0 aromatic rings. The van der Waals surface area contributed by atoms with Crippen molar-refractivity contribution in [2.24, 2.45) is 34.5 Å². The summed E-state index contributed by atoms with van der Waals surface area (Å²) >= 11 is 0. The molecule has 0 spiro atoms. The summed E-state index contributed by atoms with van der Waals surface area (Å²) in [4.78, 5) is 13.2. The minimum atomic E-state index is -0.0409. The average Bonchev–Trinajstić information content (AvgIpc) is 2.86. The molecule has 4 rings (SSSR count). The molecule has 0 saturated heterocycles. The van der Waals surface area contributed by atoms with Gasteiger partial charge in [-0.25, -0.2) is 0 Å². The van der Waals surface area contributed by atoms with Crippen LogP contribution in [0.2, 0.25) is 0 Å². The molecule has 4 aliphatic rings. The van der Waals surface area contributed by atoms with Crippen LogP contribution in [0.3, 0.4) is 0 Å². The van der Waals surface area contributed by atoms with Crippen molar-refractivity contribution in [3.63, 3.8) is 0 Å². The van der Waals surface area contributed by atoms with Crippen molar-refractivity contribution >= 4 is 5.78 Å². The number of rotatable bonds is 1.